The zero-order valence-corrected chi connectivity index (χ0v) is 16.1. The molecule has 0 fully saturated rings. The lowest BCUT2D eigenvalue weighted by Gasteiger charge is -2.27. The van der Waals surface area contributed by atoms with E-state index in [2.05, 4.69) is 0 Å². The van der Waals surface area contributed by atoms with Crippen LogP contribution >= 0.6 is 0 Å². The van der Waals surface area contributed by atoms with E-state index < -0.39 is 5.97 Å². The highest BCUT2D eigenvalue weighted by Crippen LogP contribution is 2.28. The summed E-state index contributed by atoms with van der Waals surface area (Å²) in [6.07, 6.45) is 0. The van der Waals surface area contributed by atoms with Gasteiger partial charge in [0.1, 0.15) is 0 Å². The molecular weight excluding hydrogens is 346 g/mol. The molecule has 1 amide bonds. The molecule has 0 aromatic heterocycles. The van der Waals surface area contributed by atoms with Gasteiger partial charge in [-0.25, -0.2) is 4.79 Å². The first-order valence-corrected chi connectivity index (χ1v) is 8.68. The van der Waals surface area contributed by atoms with Crippen LogP contribution < -0.4 is 9.47 Å². The van der Waals surface area contributed by atoms with Gasteiger partial charge in [-0.1, -0.05) is 30.3 Å². The molecule has 0 aliphatic carbocycles. The molecule has 2 aromatic rings. The minimum atomic E-state index is -0.468. The van der Waals surface area contributed by atoms with Gasteiger partial charge in [0.05, 0.1) is 19.8 Å². The van der Waals surface area contributed by atoms with Crippen molar-refractivity contribution in [2.24, 2.45) is 0 Å². The third-order valence-corrected chi connectivity index (χ3v) is 4.08. The highest BCUT2D eigenvalue weighted by Gasteiger charge is 2.19. The van der Waals surface area contributed by atoms with E-state index in [-0.39, 0.29) is 18.6 Å². The standard InChI is InChI=1S/C21H25NO5/c1-15(2)22(13-16-8-6-5-7-9-16)20(23)14-27-18-11-10-17(21(24)26-4)12-19(18)25-3/h5-12,15H,13-14H2,1-4H3. The monoisotopic (exact) mass is 371 g/mol. The number of hydrogen-bond acceptors (Lipinski definition) is 5. The summed E-state index contributed by atoms with van der Waals surface area (Å²) in [6.45, 7) is 4.32. The Morgan fingerprint density at radius 2 is 1.70 bits per heavy atom. The smallest absolute Gasteiger partial charge is 0.337 e. The quantitative estimate of drug-likeness (QED) is 0.666. The predicted molar refractivity (Wildman–Crippen MR) is 102 cm³/mol. The van der Waals surface area contributed by atoms with Crippen molar-refractivity contribution >= 4 is 11.9 Å². The fraction of sp³-hybridized carbons (Fsp3) is 0.333. The van der Waals surface area contributed by atoms with Crippen LogP contribution in [0.1, 0.15) is 29.8 Å². The normalized spacial score (nSPS) is 10.4. The van der Waals surface area contributed by atoms with Crippen LogP contribution in [0.15, 0.2) is 48.5 Å². The molecule has 144 valence electrons. The molecule has 0 aliphatic heterocycles. The van der Waals surface area contributed by atoms with E-state index >= 15 is 0 Å². The van der Waals surface area contributed by atoms with Crippen LogP contribution in [0.3, 0.4) is 0 Å². The maximum Gasteiger partial charge on any atom is 0.337 e. The molecule has 0 aliphatic rings. The van der Waals surface area contributed by atoms with Gasteiger partial charge >= 0.3 is 5.97 Å². The number of ether oxygens (including phenoxy) is 3. The number of carbonyl (C=O) groups is 2. The van der Waals surface area contributed by atoms with Crippen molar-refractivity contribution in [2.45, 2.75) is 26.4 Å². The van der Waals surface area contributed by atoms with Gasteiger partial charge in [-0.05, 0) is 37.6 Å². The zero-order chi connectivity index (χ0) is 19.8. The van der Waals surface area contributed by atoms with Gasteiger partial charge in [0.25, 0.3) is 5.91 Å². The molecule has 0 radical (unpaired) electrons. The van der Waals surface area contributed by atoms with E-state index in [1.54, 1.807) is 17.0 Å². The fourth-order valence-corrected chi connectivity index (χ4v) is 2.59. The first-order valence-electron chi connectivity index (χ1n) is 8.68. The molecule has 0 unspecified atom stereocenters. The summed E-state index contributed by atoms with van der Waals surface area (Å²) in [5.74, 6) is 0.157. The van der Waals surface area contributed by atoms with Crippen molar-refractivity contribution < 1.29 is 23.8 Å². The number of amides is 1. The maximum absolute atomic E-state index is 12.7. The van der Waals surface area contributed by atoms with Crippen molar-refractivity contribution in [3.8, 4) is 11.5 Å². The molecule has 6 heteroatoms. The van der Waals surface area contributed by atoms with Gasteiger partial charge in [0, 0.05) is 12.6 Å². The Kier molecular flexibility index (Phi) is 7.23. The second kappa shape index (κ2) is 9.62. The number of hydrogen-bond donors (Lipinski definition) is 0. The van der Waals surface area contributed by atoms with Crippen LogP contribution in [0.25, 0.3) is 0 Å². The second-order valence-corrected chi connectivity index (χ2v) is 6.25. The number of carbonyl (C=O) groups excluding carboxylic acids is 2. The Hall–Kier alpha value is -3.02. The highest BCUT2D eigenvalue weighted by molar-refractivity contribution is 5.90. The Morgan fingerprint density at radius 1 is 1.00 bits per heavy atom. The van der Waals surface area contributed by atoms with E-state index in [0.29, 0.717) is 23.6 Å². The molecule has 0 spiro atoms. The molecule has 0 saturated carbocycles. The third-order valence-electron chi connectivity index (χ3n) is 4.08. The van der Waals surface area contributed by atoms with Crippen molar-refractivity contribution in [2.75, 3.05) is 20.8 Å². The molecule has 2 aromatic carbocycles. The van der Waals surface area contributed by atoms with Crippen LogP contribution in [0.2, 0.25) is 0 Å². The number of nitrogens with zero attached hydrogens (tertiary/aromatic N) is 1. The summed E-state index contributed by atoms with van der Waals surface area (Å²) in [7, 11) is 2.78. The first kappa shape index (κ1) is 20.3. The number of benzene rings is 2. The Morgan fingerprint density at radius 3 is 2.30 bits per heavy atom. The average Bonchev–Trinajstić information content (AvgIpc) is 2.69. The van der Waals surface area contributed by atoms with Crippen molar-refractivity contribution in [1.82, 2.24) is 4.90 Å². The van der Waals surface area contributed by atoms with Gasteiger partial charge in [-0.3, -0.25) is 4.79 Å². The van der Waals surface area contributed by atoms with Crippen LogP contribution in [0, 0.1) is 0 Å². The van der Waals surface area contributed by atoms with E-state index in [9.17, 15) is 9.59 Å². The maximum atomic E-state index is 12.7. The summed E-state index contributed by atoms with van der Waals surface area (Å²) in [5, 5.41) is 0. The number of methoxy groups -OCH3 is 2. The summed E-state index contributed by atoms with van der Waals surface area (Å²) >= 11 is 0. The first-order chi connectivity index (χ1) is 13.0. The fourth-order valence-electron chi connectivity index (χ4n) is 2.59. The van der Waals surface area contributed by atoms with Gasteiger partial charge in [-0.2, -0.15) is 0 Å². The third kappa shape index (κ3) is 5.48. The minimum Gasteiger partial charge on any atom is -0.493 e. The number of esters is 1. The highest BCUT2D eigenvalue weighted by atomic mass is 16.5. The van der Waals surface area contributed by atoms with Gasteiger partial charge in [-0.15, -0.1) is 0 Å². The van der Waals surface area contributed by atoms with Crippen LogP contribution in [0.5, 0.6) is 11.5 Å². The molecular formula is C21H25NO5. The van der Waals surface area contributed by atoms with Crippen LogP contribution in [0.4, 0.5) is 0 Å². The van der Waals surface area contributed by atoms with E-state index in [4.69, 9.17) is 14.2 Å². The molecule has 2 rings (SSSR count). The Bertz CT molecular complexity index is 773. The summed E-state index contributed by atoms with van der Waals surface area (Å²) in [4.78, 5) is 26.0. The zero-order valence-electron chi connectivity index (χ0n) is 16.1. The second-order valence-electron chi connectivity index (χ2n) is 6.25. The summed E-state index contributed by atoms with van der Waals surface area (Å²) in [5.41, 5.74) is 1.40. The lowest BCUT2D eigenvalue weighted by molar-refractivity contribution is -0.135. The molecule has 0 N–H and O–H groups in total. The molecule has 0 bridgehead atoms. The van der Waals surface area contributed by atoms with E-state index in [1.165, 1.54) is 20.3 Å². The van der Waals surface area contributed by atoms with E-state index in [1.807, 2.05) is 44.2 Å². The van der Waals surface area contributed by atoms with Gasteiger partial charge in [0.2, 0.25) is 0 Å². The summed E-state index contributed by atoms with van der Waals surface area (Å²) in [6, 6.07) is 14.5. The Balaban J connectivity index is 2.07. The van der Waals surface area contributed by atoms with Gasteiger partial charge < -0.3 is 19.1 Å². The molecule has 6 nitrogen and oxygen atoms in total. The molecule has 27 heavy (non-hydrogen) atoms. The van der Waals surface area contributed by atoms with Crippen molar-refractivity contribution in [1.29, 1.82) is 0 Å². The lowest BCUT2D eigenvalue weighted by Crippen LogP contribution is -2.39. The van der Waals surface area contributed by atoms with Crippen LogP contribution in [-0.2, 0) is 16.1 Å². The van der Waals surface area contributed by atoms with Gasteiger partial charge in [0.15, 0.2) is 18.1 Å². The predicted octanol–water partition coefficient (Wildman–Crippen LogP) is 3.30. The lowest BCUT2D eigenvalue weighted by atomic mass is 10.2. The van der Waals surface area contributed by atoms with Crippen molar-refractivity contribution in [3.63, 3.8) is 0 Å². The SMILES string of the molecule is COC(=O)c1ccc(OCC(=O)N(Cc2ccccc2)C(C)C)c(OC)c1. The summed E-state index contributed by atoms with van der Waals surface area (Å²) < 4.78 is 15.6. The molecule has 0 atom stereocenters. The number of rotatable bonds is 8. The minimum absolute atomic E-state index is 0.0323. The molecule has 0 saturated heterocycles. The van der Waals surface area contributed by atoms with Crippen molar-refractivity contribution in [3.05, 3.63) is 59.7 Å². The average molecular weight is 371 g/mol. The van der Waals surface area contributed by atoms with Crippen LogP contribution in [-0.4, -0.2) is 43.6 Å². The topological polar surface area (TPSA) is 65.1 Å². The largest absolute Gasteiger partial charge is 0.493 e. The van der Waals surface area contributed by atoms with E-state index in [0.717, 1.165) is 5.56 Å². The molecule has 0 heterocycles. The Labute approximate surface area is 159 Å².